The Morgan fingerprint density at radius 1 is 1.06 bits per heavy atom. The van der Waals surface area contributed by atoms with Gasteiger partial charge in [-0.15, -0.1) is 0 Å². The highest BCUT2D eigenvalue weighted by molar-refractivity contribution is 5.76. The van der Waals surface area contributed by atoms with Gasteiger partial charge in [0.2, 0.25) is 5.91 Å². The van der Waals surface area contributed by atoms with E-state index in [1.165, 1.54) is 12.1 Å². The Bertz CT molecular complexity index is 1160. The maximum atomic E-state index is 13.1. The van der Waals surface area contributed by atoms with E-state index in [9.17, 15) is 9.18 Å². The molecule has 1 aliphatic rings. The number of hydrogen-bond donors (Lipinski definition) is 0. The maximum Gasteiger partial charge on any atom is 0.223 e. The number of aryl methyl sites for hydroxylation is 1. The zero-order valence-corrected chi connectivity index (χ0v) is 17.0. The number of carbonyl (C=O) groups is 1. The highest BCUT2D eigenvalue weighted by Crippen LogP contribution is 2.30. The van der Waals surface area contributed by atoms with Gasteiger partial charge in [-0.05, 0) is 49.2 Å². The van der Waals surface area contributed by atoms with Crippen molar-refractivity contribution in [2.75, 3.05) is 13.1 Å². The minimum absolute atomic E-state index is 0.0950. The quantitative estimate of drug-likeness (QED) is 0.457. The van der Waals surface area contributed by atoms with Gasteiger partial charge in [0.1, 0.15) is 11.3 Å². The third-order valence-electron chi connectivity index (χ3n) is 5.74. The highest BCUT2D eigenvalue weighted by atomic mass is 19.1. The first kappa shape index (κ1) is 19.5. The lowest BCUT2D eigenvalue weighted by molar-refractivity contribution is -0.132. The van der Waals surface area contributed by atoms with Crippen LogP contribution in [0.25, 0.3) is 22.4 Å². The number of rotatable bonds is 5. The predicted octanol–water partition coefficient (Wildman–Crippen LogP) is 4.96. The van der Waals surface area contributed by atoms with E-state index in [2.05, 4.69) is 9.97 Å². The normalized spacial score (nSPS) is 14.9. The molecule has 2 aromatic carbocycles. The molecule has 1 saturated heterocycles. The molecule has 0 bridgehead atoms. The topological polar surface area (TPSA) is 72.4 Å². The summed E-state index contributed by atoms with van der Waals surface area (Å²) in [5.74, 6) is 1.88. The average molecular weight is 419 g/mol. The first-order valence-electron chi connectivity index (χ1n) is 10.5. The standard InChI is InChI=1S/C24H22FN3O3/c25-18-7-5-16(6-8-18)21-15-26-22(30-21)9-10-23(29)28-13-11-17(12-14-28)24-27-19-3-1-2-4-20(19)31-24/h1-8,15,17H,9-14H2. The molecule has 6 nitrogen and oxygen atoms in total. The molecule has 1 fully saturated rings. The lowest BCUT2D eigenvalue weighted by atomic mass is 9.96. The largest absolute Gasteiger partial charge is 0.441 e. The Morgan fingerprint density at radius 3 is 2.61 bits per heavy atom. The lowest BCUT2D eigenvalue weighted by Crippen LogP contribution is -2.38. The van der Waals surface area contributed by atoms with E-state index < -0.39 is 0 Å². The van der Waals surface area contributed by atoms with Crippen LogP contribution in [0.2, 0.25) is 0 Å². The van der Waals surface area contributed by atoms with Gasteiger partial charge in [0.25, 0.3) is 0 Å². The summed E-state index contributed by atoms with van der Waals surface area (Å²) in [4.78, 5) is 23.4. The number of carbonyl (C=O) groups excluding carboxylic acids is 1. The van der Waals surface area contributed by atoms with Crippen LogP contribution in [0.1, 0.15) is 37.0 Å². The van der Waals surface area contributed by atoms with E-state index in [1.54, 1.807) is 18.3 Å². The van der Waals surface area contributed by atoms with Gasteiger partial charge in [0, 0.05) is 37.4 Å². The lowest BCUT2D eigenvalue weighted by Gasteiger charge is -2.30. The van der Waals surface area contributed by atoms with Crippen molar-refractivity contribution in [3.05, 3.63) is 72.3 Å². The van der Waals surface area contributed by atoms with Crippen LogP contribution >= 0.6 is 0 Å². The summed E-state index contributed by atoms with van der Waals surface area (Å²) < 4.78 is 24.7. The highest BCUT2D eigenvalue weighted by Gasteiger charge is 2.27. The third kappa shape index (κ3) is 4.21. The number of oxazole rings is 2. The van der Waals surface area contributed by atoms with Gasteiger partial charge in [-0.2, -0.15) is 0 Å². The van der Waals surface area contributed by atoms with Gasteiger partial charge < -0.3 is 13.7 Å². The van der Waals surface area contributed by atoms with Crippen molar-refractivity contribution in [1.82, 2.24) is 14.9 Å². The Balaban J connectivity index is 1.14. The van der Waals surface area contributed by atoms with E-state index in [0.717, 1.165) is 35.4 Å². The number of fused-ring (bicyclic) bond motifs is 1. The van der Waals surface area contributed by atoms with Crippen molar-refractivity contribution in [2.24, 2.45) is 0 Å². The SMILES string of the molecule is O=C(CCc1ncc(-c2ccc(F)cc2)o1)N1CCC(c2nc3ccccc3o2)CC1. The van der Waals surface area contributed by atoms with E-state index in [-0.39, 0.29) is 17.6 Å². The Hall–Kier alpha value is -3.48. The smallest absolute Gasteiger partial charge is 0.223 e. The summed E-state index contributed by atoms with van der Waals surface area (Å²) in [6, 6.07) is 13.8. The maximum absolute atomic E-state index is 13.1. The molecule has 158 valence electrons. The molecule has 2 aromatic heterocycles. The second kappa shape index (κ2) is 8.34. The van der Waals surface area contributed by atoms with E-state index in [4.69, 9.17) is 8.83 Å². The number of benzene rings is 2. The minimum atomic E-state index is -0.297. The van der Waals surface area contributed by atoms with Gasteiger partial charge in [-0.3, -0.25) is 4.79 Å². The van der Waals surface area contributed by atoms with E-state index >= 15 is 0 Å². The van der Waals surface area contributed by atoms with Gasteiger partial charge in [-0.25, -0.2) is 14.4 Å². The number of para-hydroxylation sites is 2. The van der Waals surface area contributed by atoms with Crippen LogP contribution in [-0.2, 0) is 11.2 Å². The number of halogens is 1. The van der Waals surface area contributed by atoms with Crippen molar-refractivity contribution < 1.29 is 18.0 Å². The molecule has 0 spiro atoms. The van der Waals surface area contributed by atoms with Crippen LogP contribution in [0.3, 0.4) is 0 Å². The fraction of sp³-hybridized carbons (Fsp3) is 0.292. The molecule has 0 N–H and O–H groups in total. The van der Waals surface area contributed by atoms with Gasteiger partial charge in [0.05, 0.1) is 6.20 Å². The minimum Gasteiger partial charge on any atom is -0.441 e. The molecular formula is C24H22FN3O3. The van der Waals surface area contributed by atoms with Crippen molar-refractivity contribution in [1.29, 1.82) is 0 Å². The molecule has 0 atom stereocenters. The van der Waals surface area contributed by atoms with Crippen molar-refractivity contribution in [3.63, 3.8) is 0 Å². The monoisotopic (exact) mass is 419 g/mol. The van der Waals surface area contributed by atoms with Crippen molar-refractivity contribution >= 4 is 17.0 Å². The number of hydrogen-bond acceptors (Lipinski definition) is 5. The summed E-state index contributed by atoms with van der Waals surface area (Å²) >= 11 is 0. The van der Waals surface area contributed by atoms with Crippen LogP contribution in [0.15, 0.2) is 63.6 Å². The van der Waals surface area contributed by atoms with Crippen LogP contribution < -0.4 is 0 Å². The van der Waals surface area contributed by atoms with Crippen LogP contribution in [-0.4, -0.2) is 33.9 Å². The zero-order chi connectivity index (χ0) is 21.2. The molecule has 4 aromatic rings. The Kier molecular flexibility index (Phi) is 5.24. The molecular weight excluding hydrogens is 397 g/mol. The van der Waals surface area contributed by atoms with Crippen LogP contribution in [0.4, 0.5) is 4.39 Å². The Morgan fingerprint density at radius 2 is 1.84 bits per heavy atom. The molecule has 0 aliphatic carbocycles. The molecule has 0 saturated carbocycles. The summed E-state index contributed by atoms with van der Waals surface area (Å²) in [6.07, 6.45) is 4.07. The third-order valence-corrected chi connectivity index (χ3v) is 5.74. The number of nitrogens with zero attached hydrogens (tertiary/aromatic N) is 3. The van der Waals surface area contributed by atoms with Crippen molar-refractivity contribution in [3.8, 4) is 11.3 Å². The van der Waals surface area contributed by atoms with E-state index in [1.807, 2.05) is 29.2 Å². The average Bonchev–Trinajstić information content (AvgIpc) is 3.45. The summed E-state index contributed by atoms with van der Waals surface area (Å²) in [5.41, 5.74) is 2.44. The molecule has 5 rings (SSSR count). The molecule has 1 amide bonds. The summed E-state index contributed by atoms with van der Waals surface area (Å²) in [7, 11) is 0. The van der Waals surface area contributed by atoms with Crippen LogP contribution in [0.5, 0.6) is 0 Å². The summed E-state index contributed by atoms with van der Waals surface area (Å²) in [5, 5.41) is 0. The second-order valence-corrected chi connectivity index (χ2v) is 7.80. The first-order valence-corrected chi connectivity index (χ1v) is 10.5. The predicted molar refractivity (Wildman–Crippen MR) is 113 cm³/mol. The molecule has 0 radical (unpaired) electrons. The van der Waals surface area contributed by atoms with Gasteiger partial charge >= 0.3 is 0 Å². The molecule has 0 unspecified atom stereocenters. The fourth-order valence-corrected chi connectivity index (χ4v) is 3.99. The van der Waals surface area contributed by atoms with E-state index in [0.29, 0.717) is 37.6 Å². The summed E-state index contributed by atoms with van der Waals surface area (Å²) in [6.45, 7) is 1.38. The van der Waals surface area contributed by atoms with Gasteiger partial charge in [-0.1, -0.05) is 12.1 Å². The molecule has 1 aliphatic heterocycles. The molecule has 31 heavy (non-hydrogen) atoms. The van der Waals surface area contributed by atoms with Gasteiger partial charge in [0.15, 0.2) is 23.1 Å². The zero-order valence-electron chi connectivity index (χ0n) is 17.0. The van der Waals surface area contributed by atoms with Crippen LogP contribution in [0, 0.1) is 5.82 Å². The molecule has 7 heteroatoms. The number of aromatic nitrogens is 2. The number of amides is 1. The molecule has 3 heterocycles. The first-order chi connectivity index (χ1) is 15.2. The fourth-order valence-electron chi connectivity index (χ4n) is 3.99. The number of piperidine rings is 1. The van der Waals surface area contributed by atoms with Crippen molar-refractivity contribution in [2.45, 2.75) is 31.6 Å². The Labute approximate surface area is 178 Å². The second-order valence-electron chi connectivity index (χ2n) is 7.80. The number of likely N-dealkylation sites (tertiary alicyclic amines) is 1.